The van der Waals surface area contributed by atoms with Crippen LogP contribution in [0.4, 0.5) is 0 Å². The molecule has 2 heterocycles. The molecule has 0 spiro atoms. The summed E-state index contributed by atoms with van der Waals surface area (Å²) in [7, 11) is 0. The first-order valence-corrected chi connectivity index (χ1v) is 6.22. The fourth-order valence-corrected chi connectivity index (χ4v) is 2.90. The Balaban J connectivity index is 2.14. The largest absolute Gasteiger partial charge is 0.466 e. The van der Waals surface area contributed by atoms with E-state index in [0.717, 1.165) is 23.5 Å². The van der Waals surface area contributed by atoms with Gasteiger partial charge < -0.3 is 4.42 Å². The normalized spacial score (nSPS) is 13.0. The van der Waals surface area contributed by atoms with E-state index in [4.69, 9.17) is 16.0 Å². The standard InChI is InChI=1S/C12H13ClOS/c1-8-6-11(9(2)14-8)12(13)7-10-4-3-5-15-10/h3-6,12H,7H2,1-2H3. The van der Waals surface area contributed by atoms with Gasteiger partial charge in [0.2, 0.25) is 0 Å². The van der Waals surface area contributed by atoms with E-state index in [1.165, 1.54) is 4.88 Å². The fourth-order valence-electron chi connectivity index (χ4n) is 1.68. The first-order valence-electron chi connectivity index (χ1n) is 4.90. The van der Waals surface area contributed by atoms with Gasteiger partial charge in [-0.2, -0.15) is 0 Å². The summed E-state index contributed by atoms with van der Waals surface area (Å²) in [5, 5.41) is 2.09. The molecule has 0 amide bonds. The fraction of sp³-hybridized carbons (Fsp3) is 0.333. The highest BCUT2D eigenvalue weighted by Gasteiger charge is 2.15. The number of thiophene rings is 1. The molecule has 2 rings (SSSR count). The van der Waals surface area contributed by atoms with E-state index in [9.17, 15) is 0 Å². The number of alkyl halides is 1. The molecule has 0 fully saturated rings. The Labute approximate surface area is 98.7 Å². The van der Waals surface area contributed by atoms with Crippen molar-refractivity contribution in [1.29, 1.82) is 0 Å². The molecular formula is C12H13ClOS. The topological polar surface area (TPSA) is 13.1 Å². The van der Waals surface area contributed by atoms with E-state index in [-0.39, 0.29) is 5.38 Å². The molecule has 0 aliphatic rings. The molecule has 0 aliphatic heterocycles. The first-order chi connectivity index (χ1) is 7.16. The summed E-state index contributed by atoms with van der Waals surface area (Å²) in [5.41, 5.74) is 1.11. The molecule has 1 atom stereocenters. The highest BCUT2D eigenvalue weighted by atomic mass is 35.5. The van der Waals surface area contributed by atoms with Crippen molar-refractivity contribution < 1.29 is 4.42 Å². The summed E-state index contributed by atoms with van der Waals surface area (Å²) < 4.78 is 5.47. The Morgan fingerprint density at radius 3 is 2.80 bits per heavy atom. The number of halogens is 1. The maximum Gasteiger partial charge on any atom is 0.105 e. The van der Waals surface area contributed by atoms with Gasteiger partial charge in [0, 0.05) is 16.9 Å². The zero-order valence-corrected chi connectivity index (χ0v) is 10.4. The average molecular weight is 241 g/mol. The van der Waals surface area contributed by atoms with Crippen molar-refractivity contribution in [1.82, 2.24) is 0 Å². The van der Waals surface area contributed by atoms with Gasteiger partial charge in [0.25, 0.3) is 0 Å². The number of hydrogen-bond acceptors (Lipinski definition) is 2. The quantitative estimate of drug-likeness (QED) is 0.721. The summed E-state index contributed by atoms with van der Waals surface area (Å²) in [6.45, 7) is 3.91. The van der Waals surface area contributed by atoms with Crippen LogP contribution in [-0.2, 0) is 6.42 Å². The predicted molar refractivity (Wildman–Crippen MR) is 64.8 cm³/mol. The van der Waals surface area contributed by atoms with Crippen LogP contribution < -0.4 is 0 Å². The smallest absolute Gasteiger partial charge is 0.105 e. The van der Waals surface area contributed by atoms with Crippen molar-refractivity contribution in [3.63, 3.8) is 0 Å². The lowest BCUT2D eigenvalue weighted by atomic mass is 10.1. The van der Waals surface area contributed by atoms with E-state index < -0.39 is 0 Å². The number of aryl methyl sites for hydroxylation is 2. The second-order valence-electron chi connectivity index (χ2n) is 3.62. The Morgan fingerprint density at radius 2 is 2.27 bits per heavy atom. The monoisotopic (exact) mass is 240 g/mol. The predicted octanol–water partition coefficient (Wildman–Crippen LogP) is 4.48. The third-order valence-electron chi connectivity index (χ3n) is 2.38. The highest BCUT2D eigenvalue weighted by molar-refractivity contribution is 7.09. The molecule has 3 heteroatoms. The minimum atomic E-state index is 0.0149. The van der Waals surface area contributed by atoms with E-state index >= 15 is 0 Å². The summed E-state index contributed by atoms with van der Waals surface area (Å²) in [6.07, 6.45) is 0.874. The lowest BCUT2D eigenvalue weighted by molar-refractivity contribution is 0.500. The number of furan rings is 1. The Morgan fingerprint density at radius 1 is 1.47 bits per heavy atom. The van der Waals surface area contributed by atoms with Gasteiger partial charge >= 0.3 is 0 Å². The molecule has 2 aromatic rings. The van der Waals surface area contributed by atoms with Crippen LogP contribution in [-0.4, -0.2) is 0 Å². The first kappa shape index (κ1) is 10.8. The molecule has 2 aromatic heterocycles. The van der Waals surface area contributed by atoms with Gasteiger partial charge in [-0.25, -0.2) is 0 Å². The maximum absolute atomic E-state index is 6.36. The van der Waals surface area contributed by atoms with Crippen molar-refractivity contribution in [2.75, 3.05) is 0 Å². The van der Waals surface area contributed by atoms with Crippen molar-refractivity contribution >= 4 is 22.9 Å². The van der Waals surface area contributed by atoms with Gasteiger partial charge in [-0.3, -0.25) is 0 Å². The van der Waals surface area contributed by atoms with Crippen LogP contribution in [0.25, 0.3) is 0 Å². The zero-order valence-electron chi connectivity index (χ0n) is 8.79. The molecule has 0 saturated heterocycles. The summed E-state index contributed by atoms with van der Waals surface area (Å²) in [4.78, 5) is 1.31. The van der Waals surface area contributed by atoms with Gasteiger partial charge in [-0.1, -0.05) is 6.07 Å². The van der Waals surface area contributed by atoms with Crippen LogP contribution in [0.3, 0.4) is 0 Å². The van der Waals surface area contributed by atoms with Crippen LogP contribution in [0.1, 0.15) is 27.3 Å². The summed E-state index contributed by atoms with van der Waals surface area (Å²) >= 11 is 8.11. The van der Waals surface area contributed by atoms with Crippen LogP contribution in [0, 0.1) is 13.8 Å². The third kappa shape index (κ3) is 2.44. The van der Waals surface area contributed by atoms with Crippen molar-refractivity contribution in [2.45, 2.75) is 25.6 Å². The SMILES string of the molecule is Cc1cc(C(Cl)Cc2cccs2)c(C)o1. The molecule has 0 aromatic carbocycles. The molecular weight excluding hydrogens is 228 g/mol. The summed E-state index contributed by atoms with van der Waals surface area (Å²) in [6, 6.07) is 6.19. The van der Waals surface area contributed by atoms with Gasteiger partial charge in [-0.05, 0) is 31.4 Å². The van der Waals surface area contributed by atoms with Crippen molar-refractivity contribution in [2.24, 2.45) is 0 Å². The van der Waals surface area contributed by atoms with E-state index in [1.54, 1.807) is 11.3 Å². The Kier molecular flexibility index (Phi) is 3.17. The lowest BCUT2D eigenvalue weighted by Crippen LogP contribution is -1.93. The highest BCUT2D eigenvalue weighted by Crippen LogP contribution is 2.30. The molecule has 1 unspecified atom stereocenters. The Hall–Kier alpha value is -0.730. The molecule has 15 heavy (non-hydrogen) atoms. The number of rotatable bonds is 3. The lowest BCUT2D eigenvalue weighted by Gasteiger charge is -2.06. The van der Waals surface area contributed by atoms with Crippen molar-refractivity contribution in [3.05, 3.63) is 45.5 Å². The number of hydrogen-bond donors (Lipinski definition) is 0. The van der Waals surface area contributed by atoms with E-state index in [0.29, 0.717) is 0 Å². The third-order valence-corrected chi connectivity index (χ3v) is 3.67. The molecule has 0 saturated carbocycles. The van der Waals surface area contributed by atoms with Gasteiger partial charge in [0.1, 0.15) is 11.5 Å². The van der Waals surface area contributed by atoms with Gasteiger partial charge in [-0.15, -0.1) is 22.9 Å². The second kappa shape index (κ2) is 4.42. The van der Waals surface area contributed by atoms with Crippen LogP contribution in [0.2, 0.25) is 0 Å². The van der Waals surface area contributed by atoms with Gasteiger partial charge in [0.15, 0.2) is 0 Å². The minimum absolute atomic E-state index is 0.0149. The maximum atomic E-state index is 6.36. The zero-order chi connectivity index (χ0) is 10.8. The van der Waals surface area contributed by atoms with Crippen LogP contribution >= 0.6 is 22.9 Å². The van der Waals surface area contributed by atoms with Gasteiger partial charge in [0.05, 0.1) is 5.38 Å². The molecule has 0 radical (unpaired) electrons. The Bertz CT molecular complexity index is 430. The van der Waals surface area contributed by atoms with Crippen molar-refractivity contribution in [3.8, 4) is 0 Å². The molecule has 0 aliphatic carbocycles. The molecule has 1 nitrogen and oxygen atoms in total. The van der Waals surface area contributed by atoms with E-state index in [2.05, 4.69) is 17.5 Å². The molecule has 0 bridgehead atoms. The average Bonchev–Trinajstić information content (AvgIpc) is 2.75. The van der Waals surface area contributed by atoms with Crippen LogP contribution in [0.5, 0.6) is 0 Å². The second-order valence-corrected chi connectivity index (χ2v) is 5.18. The van der Waals surface area contributed by atoms with Crippen LogP contribution in [0.15, 0.2) is 28.0 Å². The molecule has 0 N–H and O–H groups in total. The molecule has 80 valence electrons. The summed E-state index contributed by atoms with van der Waals surface area (Å²) in [5.74, 6) is 1.86. The minimum Gasteiger partial charge on any atom is -0.466 e. The van der Waals surface area contributed by atoms with E-state index in [1.807, 2.05) is 19.9 Å².